The molecule has 4 fully saturated rings. The standard InChI is InChI=1S/C32H47Br3O4/c1-18(36)39-20-10-11-28(6)19(27(20,4)5)9-12-29(7)23(28)21(33)22(34)24-30(29,8)14-16-31(25(37)38)15-13-26(2,3)17-32(24,31)35/h19-21,23H,9-17H2,1-8H3,(H,37,38). The van der Waals surface area contributed by atoms with Gasteiger partial charge in [-0.05, 0) is 96.9 Å². The summed E-state index contributed by atoms with van der Waals surface area (Å²) in [5.41, 5.74) is 0.381. The lowest BCUT2D eigenvalue weighted by atomic mass is 9.33. The van der Waals surface area contributed by atoms with E-state index in [1.807, 2.05) is 0 Å². The van der Waals surface area contributed by atoms with E-state index in [-0.39, 0.29) is 44.0 Å². The Bertz CT molecular complexity index is 1130. The smallest absolute Gasteiger partial charge is 0.311 e. The molecule has 0 aliphatic heterocycles. The molecule has 4 saturated carbocycles. The average molecular weight is 735 g/mol. The molecular weight excluding hydrogens is 688 g/mol. The van der Waals surface area contributed by atoms with Gasteiger partial charge >= 0.3 is 11.9 Å². The van der Waals surface area contributed by atoms with Crippen molar-refractivity contribution in [3.05, 3.63) is 10.1 Å². The molecule has 0 saturated heterocycles. The first kappa shape index (κ1) is 30.6. The van der Waals surface area contributed by atoms with E-state index >= 15 is 0 Å². The molecule has 0 aromatic heterocycles. The van der Waals surface area contributed by atoms with Crippen molar-refractivity contribution in [3.8, 4) is 0 Å². The first-order valence-corrected chi connectivity index (χ1v) is 17.4. The SMILES string of the molecule is CC(=O)OC1CCC2(C)C(CCC3(C)C2C(Br)C(Br)=C2C3(C)CCC3(C(=O)O)CCC(C)(C)CC23Br)C1(C)C. The molecule has 9 unspecified atom stereocenters. The predicted octanol–water partition coefficient (Wildman–Crippen LogP) is 9.42. The van der Waals surface area contributed by atoms with Gasteiger partial charge in [0.15, 0.2) is 0 Å². The fourth-order valence-electron chi connectivity index (χ4n) is 11.2. The van der Waals surface area contributed by atoms with Crippen LogP contribution in [0.4, 0.5) is 0 Å². The highest BCUT2D eigenvalue weighted by Crippen LogP contribution is 2.79. The largest absolute Gasteiger partial charge is 0.481 e. The topological polar surface area (TPSA) is 63.6 Å². The van der Waals surface area contributed by atoms with Gasteiger partial charge in [0.25, 0.3) is 0 Å². The molecule has 0 radical (unpaired) electrons. The number of hydrogen-bond acceptors (Lipinski definition) is 3. The molecule has 5 aliphatic rings. The van der Waals surface area contributed by atoms with Crippen LogP contribution in [0.5, 0.6) is 0 Å². The molecule has 0 bridgehead atoms. The van der Waals surface area contributed by atoms with Crippen LogP contribution in [0.15, 0.2) is 10.1 Å². The number of rotatable bonds is 2. The lowest BCUT2D eigenvalue weighted by Gasteiger charge is -2.73. The van der Waals surface area contributed by atoms with Crippen molar-refractivity contribution in [2.75, 3.05) is 0 Å². The molecular formula is C32H47Br3O4. The monoisotopic (exact) mass is 732 g/mol. The molecule has 4 nitrogen and oxygen atoms in total. The minimum Gasteiger partial charge on any atom is -0.481 e. The molecule has 0 aromatic rings. The summed E-state index contributed by atoms with van der Waals surface area (Å²) in [6.45, 7) is 18.3. The molecule has 9 atom stereocenters. The number of allylic oxidation sites excluding steroid dienone is 2. The van der Waals surface area contributed by atoms with Gasteiger partial charge in [0, 0.05) is 16.8 Å². The first-order valence-electron chi connectivity index (χ1n) is 14.9. The van der Waals surface area contributed by atoms with E-state index in [0.29, 0.717) is 24.7 Å². The number of hydrogen-bond donors (Lipinski definition) is 1. The lowest BCUT2D eigenvalue weighted by molar-refractivity contribution is -0.210. The number of carbonyl (C=O) groups excluding carboxylic acids is 1. The van der Waals surface area contributed by atoms with Crippen LogP contribution >= 0.6 is 47.8 Å². The van der Waals surface area contributed by atoms with E-state index in [1.54, 1.807) is 0 Å². The third-order valence-corrected chi connectivity index (χ3v) is 17.2. The second-order valence-corrected chi connectivity index (χ2v) is 19.1. The van der Waals surface area contributed by atoms with Crippen LogP contribution in [0.2, 0.25) is 0 Å². The zero-order valence-electron chi connectivity index (χ0n) is 25.0. The second kappa shape index (κ2) is 9.07. The van der Waals surface area contributed by atoms with Gasteiger partial charge in [-0.1, -0.05) is 96.3 Å². The van der Waals surface area contributed by atoms with Gasteiger partial charge < -0.3 is 9.84 Å². The molecule has 7 heteroatoms. The number of carboxylic acids is 1. The number of esters is 1. The normalized spacial score (nSPS) is 50.1. The summed E-state index contributed by atoms with van der Waals surface area (Å²) < 4.78 is 6.49. The summed E-state index contributed by atoms with van der Waals surface area (Å²) in [4.78, 5) is 25.2. The van der Waals surface area contributed by atoms with Crippen LogP contribution in [-0.2, 0) is 14.3 Å². The van der Waals surface area contributed by atoms with E-state index in [2.05, 4.69) is 96.3 Å². The summed E-state index contributed by atoms with van der Waals surface area (Å²) in [6, 6.07) is 0. The van der Waals surface area contributed by atoms with Crippen LogP contribution in [-0.4, -0.2) is 32.3 Å². The summed E-state index contributed by atoms with van der Waals surface area (Å²) in [5.74, 6) is -0.0305. The van der Waals surface area contributed by atoms with Crippen molar-refractivity contribution in [1.29, 1.82) is 0 Å². The molecule has 0 aromatic carbocycles. The maximum Gasteiger partial charge on any atom is 0.311 e. The van der Waals surface area contributed by atoms with Crippen LogP contribution in [0, 0.1) is 44.3 Å². The number of fused-ring (bicyclic) bond motifs is 7. The Morgan fingerprint density at radius 2 is 1.54 bits per heavy atom. The quantitative estimate of drug-likeness (QED) is 0.227. The van der Waals surface area contributed by atoms with Gasteiger partial charge in [-0.25, -0.2) is 0 Å². The van der Waals surface area contributed by atoms with Crippen LogP contribution in [0.3, 0.4) is 0 Å². The van der Waals surface area contributed by atoms with Crippen LogP contribution in [0.25, 0.3) is 0 Å². The summed E-state index contributed by atoms with van der Waals surface area (Å²) in [5, 5.41) is 10.8. The Labute approximate surface area is 260 Å². The van der Waals surface area contributed by atoms with Gasteiger partial charge in [0.1, 0.15) is 6.10 Å². The van der Waals surface area contributed by atoms with Gasteiger partial charge in [-0.3, -0.25) is 9.59 Å². The molecule has 0 amide bonds. The Balaban J connectivity index is 1.68. The summed E-state index contributed by atoms with van der Waals surface area (Å²) >= 11 is 12.7. The lowest BCUT2D eigenvalue weighted by Crippen LogP contribution is -2.70. The minimum atomic E-state index is -0.794. The number of carboxylic acid groups (broad SMARTS) is 1. The maximum absolute atomic E-state index is 13.2. The van der Waals surface area contributed by atoms with Crippen molar-refractivity contribution in [2.24, 2.45) is 44.3 Å². The third-order valence-electron chi connectivity index (χ3n) is 13.3. The third kappa shape index (κ3) is 3.82. The van der Waals surface area contributed by atoms with E-state index in [1.165, 1.54) is 17.0 Å². The molecule has 5 aliphatic carbocycles. The maximum atomic E-state index is 13.2. The van der Waals surface area contributed by atoms with Crippen molar-refractivity contribution in [3.63, 3.8) is 0 Å². The molecule has 39 heavy (non-hydrogen) atoms. The molecule has 220 valence electrons. The van der Waals surface area contributed by atoms with Crippen molar-refractivity contribution in [1.82, 2.24) is 0 Å². The Hall–Kier alpha value is 0.120. The number of aliphatic carboxylic acids is 1. The highest BCUT2D eigenvalue weighted by molar-refractivity contribution is 9.14. The van der Waals surface area contributed by atoms with Crippen molar-refractivity contribution < 1.29 is 19.4 Å². The van der Waals surface area contributed by atoms with Gasteiger partial charge in [-0.2, -0.15) is 0 Å². The van der Waals surface area contributed by atoms with Gasteiger partial charge in [0.2, 0.25) is 0 Å². The number of ether oxygens (including phenoxy) is 1. The van der Waals surface area contributed by atoms with E-state index in [4.69, 9.17) is 4.74 Å². The van der Waals surface area contributed by atoms with Gasteiger partial charge in [0.05, 0.1) is 14.6 Å². The Morgan fingerprint density at radius 3 is 2.13 bits per heavy atom. The number of halogens is 3. The van der Waals surface area contributed by atoms with E-state index in [9.17, 15) is 14.7 Å². The average Bonchev–Trinajstić information content (AvgIpc) is 2.78. The van der Waals surface area contributed by atoms with E-state index in [0.717, 1.165) is 44.9 Å². The van der Waals surface area contributed by atoms with Crippen molar-refractivity contribution >= 4 is 59.7 Å². The first-order chi connectivity index (χ1) is 17.7. The number of alkyl halides is 2. The Kier molecular flexibility index (Phi) is 7.11. The van der Waals surface area contributed by atoms with E-state index < -0.39 is 15.7 Å². The molecule has 0 heterocycles. The predicted molar refractivity (Wildman–Crippen MR) is 166 cm³/mol. The highest BCUT2D eigenvalue weighted by atomic mass is 79.9. The van der Waals surface area contributed by atoms with Crippen LogP contribution < -0.4 is 0 Å². The molecule has 1 N–H and O–H groups in total. The number of carbonyl (C=O) groups is 2. The second-order valence-electron chi connectivity index (χ2n) is 15.9. The Morgan fingerprint density at radius 1 is 0.923 bits per heavy atom. The minimum absolute atomic E-state index is 0.00358. The van der Waals surface area contributed by atoms with Crippen LogP contribution in [0.1, 0.15) is 113 Å². The fourth-order valence-corrected chi connectivity index (χ4v) is 15.9. The zero-order chi connectivity index (χ0) is 29.2. The van der Waals surface area contributed by atoms with Crippen molar-refractivity contribution in [2.45, 2.75) is 128 Å². The van der Waals surface area contributed by atoms with Gasteiger partial charge in [-0.15, -0.1) is 0 Å². The summed E-state index contributed by atoms with van der Waals surface area (Å²) in [7, 11) is 0. The zero-order valence-corrected chi connectivity index (χ0v) is 29.7. The summed E-state index contributed by atoms with van der Waals surface area (Å²) in [6.07, 6.45) is 8.11. The fraction of sp³-hybridized carbons (Fsp3) is 0.875. The molecule has 5 rings (SSSR count). The molecule has 0 spiro atoms. The highest BCUT2D eigenvalue weighted by Gasteiger charge is 2.75.